The van der Waals surface area contributed by atoms with Crippen molar-refractivity contribution in [3.63, 3.8) is 0 Å². The Labute approximate surface area is 114 Å². The molecule has 6 heteroatoms. The normalized spacial score (nSPS) is 19.2. The first-order chi connectivity index (χ1) is 8.93. The van der Waals surface area contributed by atoms with Gasteiger partial charge in [0, 0.05) is 42.3 Å². The molecule has 0 bridgehead atoms. The third-order valence-electron chi connectivity index (χ3n) is 3.54. The molecule has 0 radical (unpaired) electrons. The highest BCUT2D eigenvalue weighted by Crippen LogP contribution is 2.25. The molecule has 106 valence electrons. The van der Waals surface area contributed by atoms with E-state index in [9.17, 15) is 8.42 Å². The molecular weight excluding hydrogens is 262 g/mol. The van der Waals surface area contributed by atoms with Gasteiger partial charge in [-0.05, 0) is 26.3 Å². The molecular formula is C13H21N3O2S. The molecule has 0 aromatic carbocycles. The molecule has 0 unspecified atom stereocenters. The fourth-order valence-corrected chi connectivity index (χ4v) is 3.82. The molecule has 0 aliphatic carbocycles. The number of sulfone groups is 1. The van der Waals surface area contributed by atoms with E-state index in [4.69, 9.17) is 5.73 Å². The van der Waals surface area contributed by atoms with Gasteiger partial charge in [-0.2, -0.15) is 0 Å². The van der Waals surface area contributed by atoms with Gasteiger partial charge in [-0.3, -0.25) is 4.98 Å². The molecule has 1 aromatic rings. The maximum absolute atomic E-state index is 11.7. The summed E-state index contributed by atoms with van der Waals surface area (Å²) in [6.07, 6.45) is 0.673. The zero-order valence-corrected chi connectivity index (χ0v) is 12.3. The highest BCUT2D eigenvalue weighted by molar-refractivity contribution is 7.91. The molecule has 2 rings (SSSR count). The first-order valence-electron chi connectivity index (χ1n) is 6.55. The molecule has 19 heavy (non-hydrogen) atoms. The van der Waals surface area contributed by atoms with Crippen LogP contribution in [0.15, 0.2) is 6.07 Å². The lowest BCUT2D eigenvalue weighted by atomic mass is 10.1. The van der Waals surface area contributed by atoms with Crippen LogP contribution in [0.4, 0.5) is 5.69 Å². The zero-order chi connectivity index (χ0) is 14.0. The number of nitrogens with two attached hydrogens (primary N) is 1. The van der Waals surface area contributed by atoms with Crippen LogP contribution in [0, 0.1) is 13.8 Å². The Morgan fingerprint density at radius 3 is 2.74 bits per heavy atom. The minimum Gasteiger partial charge on any atom is -0.370 e. The van der Waals surface area contributed by atoms with Crippen molar-refractivity contribution in [2.24, 2.45) is 5.73 Å². The van der Waals surface area contributed by atoms with Crippen molar-refractivity contribution >= 4 is 15.5 Å². The predicted molar refractivity (Wildman–Crippen MR) is 77.1 cm³/mol. The molecule has 1 saturated heterocycles. The summed E-state index contributed by atoms with van der Waals surface area (Å²) in [4.78, 5) is 6.56. The molecule has 0 spiro atoms. The molecule has 0 saturated carbocycles. The van der Waals surface area contributed by atoms with Gasteiger partial charge in [-0.1, -0.05) is 0 Å². The molecule has 1 aliphatic rings. The van der Waals surface area contributed by atoms with Gasteiger partial charge in [-0.15, -0.1) is 0 Å². The summed E-state index contributed by atoms with van der Waals surface area (Å²) in [5.41, 5.74) is 9.76. The van der Waals surface area contributed by atoms with Crippen molar-refractivity contribution in [2.45, 2.75) is 26.8 Å². The highest BCUT2D eigenvalue weighted by Gasteiger charge is 2.21. The van der Waals surface area contributed by atoms with Gasteiger partial charge in [-0.25, -0.2) is 8.42 Å². The number of aromatic nitrogens is 1. The van der Waals surface area contributed by atoms with Gasteiger partial charge >= 0.3 is 0 Å². The van der Waals surface area contributed by atoms with Crippen LogP contribution in [0.3, 0.4) is 0 Å². The number of hydrogen-bond acceptors (Lipinski definition) is 5. The van der Waals surface area contributed by atoms with Gasteiger partial charge < -0.3 is 10.6 Å². The number of nitrogens with zero attached hydrogens (tertiary/aromatic N) is 2. The van der Waals surface area contributed by atoms with Gasteiger partial charge in [0.05, 0.1) is 11.5 Å². The summed E-state index contributed by atoms with van der Waals surface area (Å²) < 4.78 is 23.3. The van der Waals surface area contributed by atoms with Crippen molar-refractivity contribution in [1.82, 2.24) is 4.98 Å². The Kier molecular flexibility index (Phi) is 4.10. The van der Waals surface area contributed by atoms with Gasteiger partial charge in [0.1, 0.15) is 0 Å². The number of anilines is 1. The van der Waals surface area contributed by atoms with Crippen LogP contribution in [-0.4, -0.2) is 38.0 Å². The van der Waals surface area contributed by atoms with E-state index in [-0.39, 0.29) is 11.5 Å². The van der Waals surface area contributed by atoms with E-state index >= 15 is 0 Å². The maximum atomic E-state index is 11.7. The van der Waals surface area contributed by atoms with Crippen molar-refractivity contribution < 1.29 is 8.42 Å². The Bertz CT molecular complexity index is 569. The largest absolute Gasteiger partial charge is 0.370 e. The molecule has 2 heterocycles. The topological polar surface area (TPSA) is 76.3 Å². The van der Waals surface area contributed by atoms with Crippen LogP contribution < -0.4 is 10.6 Å². The number of pyridine rings is 1. The van der Waals surface area contributed by atoms with E-state index in [1.807, 2.05) is 19.9 Å². The van der Waals surface area contributed by atoms with E-state index in [0.717, 1.165) is 29.2 Å². The lowest BCUT2D eigenvalue weighted by Gasteiger charge is -2.26. The summed E-state index contributed by atoms with van der Waals surface area (Å²) in [7, 11) is -2.89. The Balaban J connectivity index is 2.36. The second kappa shape index (κ2) is 5.46. The van der Waals surface area contributed by atoms with Crippen molar-refractivity contribution in [3.8, 4) is 0 Å². The lowest BCUT2D eigenvalue weighted by Crippen LogP contribution is -2.28. The molecule has 5 nitrogen and oxygen atoms in total. The second-order valence-corrected chi connectivity index (χ2v) is 7.35. The number of rotatable bonds is 2. The lowest BCUT2D eigenvalue weighted by molar-refractivity contribution is 0.597. The Morgan fingerprint density at radius 2 is 2.05 bits per heavy atom. The molecule has 1 aliphatic heterocycles. The minimum absolute atomic E-state index is 0.220. The second-order valence-electron chi connectivity index (χ2n) is 5.04. The first-order valence-corrected chi connectivity index (χ1v) is 8.37. The number of hydrogen-bond donors (Lipinski definition) is 1. The summed E-state index contributed by atoms with van der Waals surface area (Å²) in [5, 5.41) is 0. The Hall–Kier alpha value is -1.14. The van der Waals surface area contributed by atoms with Crippen LogP contribution >= 0.6 is 0 Å². The smallest absolute Gasteiger partial charge is 0.152 e. The van der Waals surface area contributed by atoms with Crippen molar-refractivity contribution in [3.05, 3.63) is 23.0 Å². The summed E-state index contributed by atoms with van der Waals surface area (Å²) in [6, 6.07) is 2.01. The van der Waals surface area contributed by atoms with Crippen LogP contribution in [-0.2, 0) is 16.4 Å². The van der Waals surface area contributed by atoms with Crippen LogP contribution in [0.5, 0.6) is 0 Å². The molecule has 1 aromatic heterocycles. The SMILES string of the molecule is Cc1cc(N2CCCS(=O)(=O)CC2)c(CN)c(C)n1. The van der Waals surface area contributed by atoms with Gasteiger partial charge in [0.15, 0.2) is 9.84 Å². The summed E-state index contributed by atoms with van der Waals surface area (Å²) in [6.45, 7) is 5.63. The van der Waals surface area contributed by atoms with Gasteiger partial charge in [0.2, 0.25) is 0 Å². The van der Waals surface area contributed by atoms with Gasteiger partial charge in [0.25, 0.3) is 0 Å². The zero-order valence-electron chi connectivity index (χ0n) is 11.5. The molecule has 0 atom stereocenters. The van der Waals surface area contributed by atoms with E-state index in [0.29, 0.717) is 19.5 Å². The maximum Gasteiger partial charge on any atom is 0.152 e. The van der Waals surface area contributed by atoms with E-state index in [2.05, 4.69) is 9.88 Å². The monoisotopic (exact) mass is 283 g/mol. The van der Waals surface area contributed by atoms with Crippen LogP contribution in [0.2, 0.25) is 0 Å². The predicted octanol–water partition coefficient (Wildman–Crippen LogP) is 0.782. The average molecular weight is 283 g/mol. The third kappa shape index (κ3) is 3.25. The summed E-state index contributed by atoms with van der Waals surface area (Å²) >= 11 is 0. The fourth-order valence-electron chi connectivity index (χ4n) is 2.55. The standard InChI is InChI=1S/C13H21N3O2S/c1-10-8-13(12(9-14)11(2)15-10)16-4-3-6-19(17,18)7-5-16/h8H,3-7,9,14H2,1-2H3. The van der Waals surface area contributed by atoms with E-state index in [1.54, 1.807) is 0 Å². The van der Waals surface area contributed by atoms with E-state index < -0.39 is 9.84 Å². The van der Waals surface area contributed by atoms with E-state index in [1.165, 1.54) is 0 Å². The number of aryl methyl sites for hydroxylation is 2. The van der Waals surface area contributed by atoms with Crippen LogP contribution in [0.1, 0.15) is 23.4 Å². The summed E-state index contributed by atoms with van der Waals surface area (Å²) in [5.74, 6) is 0.502. The van der Waals surface area contributed by atoms with Crippen molar-refractivity contribution in [1.29, 1.82) is 0 Å². The molecule has 0 amide bonds. The average Bonchev–Trinajstić information content (AvgIpc) is 2.49. The minimum atomic E-state index is -2.89. The van der Waals surface area contributed by atoms with Crippen molar-refractivity contribution in [2.75, 3.05) is 29.5 Å². The third-order valence-corrected chi connectivity index (χ3v) is 5.25. The quantitative estimate of drug-likeness (QED) is 0.868. The first kappa shape index (κ1) is 14.3. The Morgan fingerprint density at radius 1 is 1.32 bits per heavy atom. The molecule has 1 fully saturated rings. The highest BCUT2D eigenvalue weighted by atomic mass is 32.2. The fraction of sp³-hybridized carbons (Fsp3) is 0.615. The van der Waals surface area contributed by atoms with Crippen LogP contribution in [0.25, 0.3) is 0 Å². The molecule has 2 N–H and O–H groups in total.